The summed E-state index contributed by atoms with van der Waals surface area (Å²) in [5.41, 5.74) is -0.889. The highest BCUT2D eigenvalue weighted by Gasteiger charge is 2.20. The second-order valence-corrected chi connectivity index (χ2v) is 3.56. The van der Waals surface area contributed by atoms with Crippen molar-refractivity contribution in [3.8, 4) is 0 Å². The molecular weight excluding hydrogens is 154 g/mol. The number of hydrogen-bond donors (Lipinski definition) is 1. The molecule has 0 aliphatic rings. The summed E-state index contributed by atoms with van der Waals surface area (Å²) in [5.74, 6) is 0.0208. The number of carbonyl (C=O) groups excluding carboxylic acids is 1. The number of amides is 1. The lowest BCUT2D eigenvalue weighted by Gasteiger charge is -2.23. The van der Waals surface area contributed by atoms with Crippen LogP contribution in [-0.4, -0.2) is 34.6 Å². The summed E-state index contributed by atoms with van der Waals surface area (Å²) < 4.78 is 0. The molecule has 0 rings (SSSR count). The molecule has 3 heteroatoms. The molecule has 0 saturated carbocycles. The van der Waals surface area contributed by atoms with Crippen molar-refractivity contribution < 1.29 is 9.90 Å². The third-order valence-corrected chi connectivity index (χ3v) is 1.70. The molecule has 0 spiro atoms. The van der Waals surface area contributed by atoms with Gasteiger partial charge in [-0.25, -0.2) is 0 Å². The number of nitrogens with zero attached hydrogens (tertiary/aromatic N) is 1. The normalized spacial score (nSPS) is 11.4. The standard InChI is InChI=1S/C9H19NO2/c1-5-10(6-2)8(11)7-9(3,4)12/h12H,5-7H2,1-4H3. The van der Waals surface area contributed by atoms with Crippen LogP contribution >= 0.6 is 0 Å². The average molecular weight is 173 g/mol. The Labute approximate surface area is 74.4 Å². The number of rotatable bonds is 4. The molecule has 0 aromatic heterocycles. The predicted octanol–water partition coefficient (Wildman–Crippen LogP) is 1.02. The Morgan fingerprint density at radius 1 is 1.33 bits per heavy atom. The van der Waals surface area contributed by atoms with Crippen LogP contribution in [0, 0.1) is 0 Å². The van der Waals surface area contributed by atoms with Crippen LogP contribution in [0.3, 0.4) is 0 Å². The Kier molecular flexibility index (Phi) is 4.24. The molecule has 0 saturated heterocycles. The van der Waals surface area contributed by atoms with E-state index in [-0.39, 0.29) is 12.3 Å². The molecule has 0 aliphatic carbocycles. The maximum Gasteiger partial charge on any atom is 0.225 e. The zero-order chi connectivity index (χ0) is 9.78. The van der Waals surface area contributed by atoms with E-state index in [1.165, 1.54) is 0 Å². The molecule has 12 heavy (non-hydrogen) atoms. The molecule has 0 radical (unpaired) electrons. The van der Waals surface area contributed by atoms with Gasteiger partial charge in [-0.1, -0.05) is 0 Å². The zero-order valence-corrected chi connectivity index (χ0v) is 8.42. The first-order valence-electron chi connectivity index (χ1n) is 4.41. The first-order chi connectivity index (χ1) is 5.40. The summed E-state index contributed by atoms with van der Waals surface area (Å²) in [6, 6.07) is 0. The van der Waals surface area contributed by atoms with Gasteiger partial charge in [0, 0.05) is 13.1 Å². The molecule has 3 nitrogen and oxygen atoms in total. The van der Waals surface area contributed by atoms with Crippen molar-refractivity contribution in [2.24, 2.45) is 0 Å². The van der Waals surface area contributed by atoms with Gasteiger partial charge in [-0.3, -0.25) is 4.79 Å². The minimum absolute atomic E-state index is 0.0208. The van der Waals surface area contributed by atoms with Gasteiger partial charge in [-0.15, -0.1) is 0 Å². The van der Waals surface area contributed by atoms with Crippen molar-refractivity contribution >= 4 is 5.91 Å². The highest BCUT2D eigenvalue weighted by molar-refractivity contribution is 5.77. The van der Waals surface area contributed by atoms with E-state index in [9.17, 15) is 9.90 Å². The summed E-state index contributed by atoms with van der Waals surface area (Å²) in [4.78, 5) is 13.1. The number of hydrogen-bond acceptors (Lipinski definition) is 2. The van der Waals surface area contributed by atoms with Crippen LogP contribution in [0.25, 0.3) is 0 Å². The Morgan fingerprint density at radius 2 is 1.75 bits per heavy atom. The van der Waals surface area contributed by atoms with Gasteiger partial charge in [0.25, 0.3) is 0 Å². The van der Waals surface area contributed by atoms with Crippen LogP contribution in [0.2, 0.25) is 0 Å². The molecule has 0 heterocycles. The van der Waals surface area contributed by atoms with Gasteiger partial charge in [0.05, 0.1) is 12.0 Å². The summed E-state index contributed by atoms with van der Waals surface area (Å²) in [7, 11) is 0. The molecule has 72 valence electrons. The zero-order valence-electron chi connectivity index (χ0n) is 8.42. The van der Waals surface area contributed by atoms with Gasteiger partial charge in [0.1, 0.15) is 0 Å². The van der Waals surface area contributed by atoms with Crippen molar-refractivity contribution in [3.63, 3.8) is 0 Å². The van der Waals surface area contributed by atoms with Gasteiger partial charge < -0.3 is 10.0 Å². The second-order valence-electron chi connectivity index (χ2n) is 3.56. The van der Waals surface area contributed by atoms with Crippen LogP contribution in [0.1, 0.15) is 34.1 Å². The van der Waals surface area contributed by atoms with E-state index in [2.05, 4.69) is 0 Å². The van der Waals surface area contributed by atoms with Crippen molar-refractivity contribution in [1.29, 1.82) is 0 Å². The van der Waals surface area contributed by atoms with Gasteiger partial charge >= 0.3 is 0 Å². The first-order valence-corrected chi connectivity index (χ1v) is 4.41. The molecule has 0 unspecified atom stereocenters. The lowest BCUT2D eigenvalue weighted by Crippen LogP contribution is -2.36. The maximum absolute atomic E-state index is 11.4. The van der Waals surface area contributed by atoms with Crippen molar-refractivity contribution in [2.75, 3.05) is 13.1 Å². The van der Waals surface area contributed by atoms with E-state index in [1.54, 1.807) is 18.7 Å². The minimum Gasteiger partial charge on any atom is -0.390 e. The molecule has 0 aromatic rings. The third kappa shape index (κ3) is 4.34. The Morgan fingerprint density at radius 3 is 2.00 bits per heavy atom. The molecule has 0 aromatic carbocycles. The van der Waals surface area contributed by atoms with Gasteiger partial charge in [0.15, 0.2) is 0 Å². The molecular formula is C9H19NO2. The summed E-state index contributed by atoms with van der Waals surface area (Å²) in [6.45, 7) is 8.59. The van der Waals surface area contributed by atoms with E-state index in [4.69, 9.17) is 0 Å². The lowest BCUT2D eigenvalue weighted by molar-refractivity contribution is -0.134. The highest BCUT2D eigenvalue weighted by Crippen LogP contribution is 2.09. The summed E-state index contributed by atoms with van der Waals surface area (Å²) in [6.07, 6.45) is 0.203. The predicted molar refractivity (Wildman–Crippen MR) is 48.8 cm³/mol. The highest BCUT2D eigenvalue weighted by atomic mass is 16.3. The summed E-state index contributed by atoms with van der Waals surface area (Å²) in [5, 5.41) is 9.38. The Balaban J connectivity index is 4.02. The number of carbonyl (C=O) groups is 1. The van der Waals surface area contributed by atoms with Gasteiger partial charge in [-0.2, -0.15) is 0 Å². The van der Waals surface area contributed by atoms with E-state index in [1.807, 2.05) is 13.8 Å². The topological polar surface area (TPSA) is 40.5 Å². The fraction of sp³-hybridized carbons (Fsp3) is 0.889. The second kappa shape index (κ2) is 4.45. The molecule has 0 bridgehead atoms. The average Bonchev–Trinajstić information content (AvgIpc) is 1.85. The Hall–Kier alpha value is -0.570. The molecule has 0 atom stereocenters. The molecule has 0 fully saturated rings. The van der Waals surface area contributed by atoms with Crippen molar-refractivity contribution in [1.82, 2.24) is 4.90 Å². The van der Waals surface area contributed by atoms with Crippen molar-refractivity contribution in [3.05, 3.63) is 0 Å². The van der Waals surface area contributed by atoms with Gasteiger partial charge in [0.2, 0.25) is 5.91 Å². The van der Waals surface area contributed by atoms with Gasteiger partial charge in [-0.05, 0) is 27.7 Å². The smallest absolute Gasteiger partial charge is 0.225 e. The van der Waals surface area contributed by atoms with Crippen LogP contribution in [0.4, 0.5) is 0 Å². The molecule has 1 N–H and O–H groups in total. The Bertz CT molecular complexity index is 145. The fourth-order valence-electron chi connectivity index (χ4n) is 1.06. The quantitative estimate of drug-likeness (QED) is 0.689. The third-order valence-electron chi connectivity index (χ3n) is 1.70. The molecule has 1 amide bonds. The monoisotopic (exact) mass is 173 g/mol. The largest absolute Gasteiger partial charge is 0.390 e. The van der Waals surface area contributed by atoms with E-state index < -0.39 is 5.60 Å². The number of aliphatic hydroxyl groups is 1. The van der Waals surface area contributed by atoms with E-state index in [0.717, 1.165) is 0 Å². The first kappa shape index (κ1) is 11.4. The molecule has 0 aliphatic heterocycles. The van der Waals surface area contributed by atoms with E-state index >= 15 is 0 Å². The SMILES string of the molecule is CCN(CC)C(=O)CC(C)(C)O. The van der Waals surface area contributed by atoms with Crippen LogP contribution < -0.4 is 0 Å². The van der Waals surface area contributed by atoms with Crippen molar-refractivity contribution in [2.45, 2.75) is 39.7 Å². The van der Waals surface area contributed by atoms with Crippen LogP contribution in [0.15, 0.2) is 0 Å². The lowest BCUT2D eigenvalue weighted by atomic mass is 10.1. The van der Waals surface area contributed by atoms with E-state index in [0.29, 0.717) is 13.1 Å². The maximum atomic E-state index is 11.4. The summed E-state index contributed by atoms with van der Waals surface area (Å²) >= 11 is 0. The minimum atomic E-state index is -0.889. The fourth-order valence-corrected chi connectivity index (χ4v) is 1.06. The van der Waals surface area contributed by atoms with Crippen LogP contribution in [0.5, 0.6) is 0 Å². The van der Waals surface area contributed by atoms with Crippen LogP contribution in [-0.2, 0) is 4.79 Å².